The lowest BCUT2D eigenvalue weighted by atomic mass is 9.94. The zero-order valence-corrected chi connectivity index (χ0v) is 12.6. The number of ether oxygens (including phenoxy) is 2. The molecule has 1 fully saturated rings. The van der Waals surface area contributed by atoms with E-state index in [1.807, 2.05) is 7.11 Å². The van der Waals surface area contributed by atoms with Crippen LogP contribution in [-0.4, -0.2) is 25.9 Å². The highest BCUT2D eigenvalue weighted by atomic mass is 16.5. The lowest BCUT2D eigenvalue weighted by molar-refractivity contribution is -0.0943. The van der Waals surface area contributed by atoms with E-state index in [2.05, 4.69) is 13.8 Å². The van der Waals surface area contributed by atoms with Crippen molar-refractivity contribution in [3.63, 3.8) is 0 Å². The van der Waals surface area contributed by atoms with Gasteiger partial charge in [-0.3, -0.25) is 0 Å². The van der Waals surface area contributed by atoms with E-state index >= 15 is 0 Å². The highest BCUT2D eigenvalue weighted by molar-refractivity contribution is 4.76. The van der Waals surface area contributed by atoms with E-state index in [0.717, 1.165) is 13.0 Å². The molecule has 0 N–H and O–H groups in total. The molecule has 0 spiro atoms. The second-order valence-electron chi connectivity index (χ2n) is 5.85. The maximum absolute atomic E-state index is 5.89. The molecular weight excluding hydrogens is 224 g/mol. The number of hydrogen-bond donors (Lipinski definition) is 0. The SMILES string of the molecule is CCCCCCCCCC1CC(OC)C(C)CO1. The van der Waals surface area contributed by atoms with Crippen LogP contribution in [0.15, 0.2) is 0 Å². The molecule has 0 amide bonds. The molecule has 108 valence electrons. The monoisotopic (exact) mass is 256 g/mol. The van der Waals surface area contributed by atoms with Crippen LogP contribution in [0.2, 0.25) is 0 Å². The van der Waals surface area contributed by atoms with Crippen molar-refractivity contribution in [2.75, 3.05) is 13.7 Å². The van der Waals surface area contributed by atoms with Gasteiger partial charge in [0.25, 0.3) is 0 Å². The molecule has 2 heteroatoms. The Morgan fingerprint density at radius 2 is 1.72 bits per heavy atom. The Balaban J connectivity index is 1.99. The molecule has 1 heterocycles. The standard InChI is InChI=1S/C16H32O2/c1-4-5-6-7-8-9-10-11-15-12-16(17-3)14(2)13-18-15/h14-16H,4-13H2,1-3H3. The van der Waals surface area contributed by atoms with Gasteiger partial charge < -0.3 is 9.47 Å². The number of rotatable bonds is 9. The minimum absolute atomic E-state index is 0.410. The molecule has 0 radical (unpaired) electrons. The zero-order valence-electron chi connectivity index (χ0n) is 12.6. The van der Waals surface area contributed by atoms with Crippen LogP contribution in [0, 0.1) is 5.92 Å². The van der Waals surface area contributed by atoms with Crippen LogP contribution in [-0.2, 0) is 9.47 Å². The molecule has 1 rings (SSSR count). The Hall–Kier alpha value is -0.0800. The van der Waals surface area contributed by atoms with Crippen molar-refractivity contribution < 1.29 is 9.47 Å². The van der Waals surface area contributed by atoms with Crippen molar-refractivity contribution in [1.82, 2.24) is 0 Å². The summed E-state index contributed by atoms with van der Waals surface area (Å²) in [7, 11) is 1.83. The van der Waals surface area contributed by atoms with Crippen LogP contribution in [0.25, 0.3) is 0 Å². The van der Waals surface area contributed by atoms with Gasteiger partial charge in [0, 0.05) is 19.4 Å². The molecule has 1 aliphatic rings. The average Bonchev–Trinajstić information content (AvgIpc) is 2.39. The maximum Gasteiger partial charge on any atom is 0.0643 e. The molecule has 0 saturated carbocycles. The fourth-order valence-electron chi connectivity index (χ4n) is 2.81. The second kappa shape index (κ2) is 9.80. The Bertz CT molecular complexity index is 194. The van der Waals surface area contributed by atoms with E-state index in [-0.39, 0.29) is 0 Å². The van der Waals surface area contributed by atoms with Gasteiger partial charge in [0.2, 0.25) is 0 Å². The van der Waals surface area contributed by atoms with Gasteiger partial charge in [0.15, 0.2) is 0 Å². The highest BCUT2D eigenvalue weighted by Gasteiger charge is 2.27. The van der Waals surface area contributed by atoms with Crippen LogP contribution in [0.3, 0.4) is 0 Å². The fourth-order valence-corrected chi connectivity index (χ4v) is 2.81. The largest absolute Gasteiger partial charge is 0.381 e. The van der Waals surface area contributed by atoms with E-state index in [0.29, 0.717) is 18.1 Å². The van der Waals surface area contributed by atoms with Gasteiger partial charge in [0.1, 0.15) is 0 Å². The molecule has 3 atom stereocenters. The first-order valence-electron chi connectivity index (χ1n) is 7.92. The third kappa shape index (κ3) is 6.19. The van der Waals surface area contributed by atoms with Crippen LogP contribution < -0.4 is 0 Å². The van der Waals surface area contributed by atoms with Gasteiger partial charge in [-0.15, -0.1) is 0 Å². The van der Waals surface area contributed by atoms with Gasteiger partial charge in [-0.25, -0.2) is 0 Å². The summed E-state index contributed by atoms with van der Waals surface area (Å²) < 4.78 is 11.4. The summed E-state index contributed by atoms with van der Waals surface area (Å²) in [5.74, 6) is 0.556. The van der Waals surface area contributed by atoms with E-state index < -0.39 is 0 Å². The first-order valence-corrected chi connectivity index (χ1v) is 7.92. The van der Waals surface area contributed by atoms with E-state index in [9.17, 15) is 0 Å². The quantitative estimate of drug-likeness (QED) is 0.563. The maximum atomic E-state index is 5.89. The van der Waals surface area contributed by atoms with Crippen LogP contribution in [0.4, 0.5) is 0 Å². The molecular formula is C16H32O2. The summed E-state index contributed by atoms with van der Waals surface area (Å²) in [6.45, 7) is 5.37. The van der Waals surface area contributed by atoms with Gasteiger partial charge >= 0.3 is 0 Å². The summed E-state index contributed by atoms with van der Waals surface area (Å²) >= 11 is 0. The van der Waals surface area contributed by atoms with E-state index in [1.54, 1.807) is 0 Å². The lowest BCUT2D eigenvalue weighted by Crippen LogP contribution is -2.36. The van der Waals surface area contributed by atoms with Crippen molar-refractivity contribution in [3.05, 3.63) is 0 Å². The first-order chi connectivity index (χ1) is 8.77. The number of hydrogen-bond acceptors (Lipinski definition) is 2. The van der Waals surface area contributed by atoms with Crippen molar-refractivity contribution in [2.45, 2.75) is 83.8 Å². The van der Waals surface area contributed by atoms with Crippen LogP contribution in [0.1, 0.15) is 71.6 Å². The highest BCUT2D eigenvalue weighted by Crippen LogP contribution is 2.25. The summed E-state index contributed by atoms with van der Waals surface area (Å²) in [6.07, 6.45) is 12.8. The van der Waals surface area contributed by atoms with Crippen molar-refractivity contribution in [3.8, 4) is 0 Å². The molecule has 1 saturated heterocycles. The van der Waals surface area contributed by atoms with Gasteiger partial charge in [0.05, 0.1) is 18.8 Å². The minimum Gasteiger partial charge on any atom is -0.381 e. The molecule has 0 aromatic heterocycles. The number of unbranched alkanes of at least 4 members (excludes halogenated alkanes) is 6. The summed E-state index contributed by atoms with van der Waals surface area (Å²) in [5, 5.41) is 0. The molecule has 0 bridgehead atoms. The van der Waals surface area contributed by atoms with Crippen LogP contribution >= 0.6 is 0 Å². The lowest BCUT2D eigenvalue weighted by Gasteiger charge is -2.33. The Morgan fingerprint density at radius 1 is 1.06 bits per heavy atom. The molecule has 2 nitrogen and oxygen atoms in total. The molecule has 0 aliphatic carbocycles. The predicted molar refractivity (Wildman–Crippen MR) is 76.9 cm³/mol. The summed E-state index contributed by atoms with van der Waals surface area (Å²) in [5.41, 5.74) is 0. The van der Waals surface area contributed by atoms with E-state index in [1.165, 1.54) is 51.4 Å². The Labute approximate surface area is 113 Å². The summed E-state index contributed by atoms with van der Waals surface area (Å²) in [4.78, 5) is 0. The van der Waals surface area contributed by atoms with Gasteiger partial charge in [-0.2, -0.15) is 0 Å². The third-order valence-corrected chi connectivity index (χ3v) is 4.16. The molecule has 1 aliphatic heterocycles. The van der Waals surface area contributed by atoms with E-state index in [4.69, 9.17) is 9.47 Å². The normalized spacial score (nSPS) is 28.5. The topological polar surface area (TPSA) is 18.5 Å². The molecule has 18 heavy (non-hydrogen) atoms. The Morgan fingerprint density at radius 3 is 2.39 bits per heavy atom. The molecule has 3 unspecified atom stereocenters. The summed E-state index contributed by atoms with van der Waals surface area (Å²) in [6, 6.07) is 0. The van der Waals surface area contributed by atoms with Gasteiger partial charge in [-0.05, 0) is 6.42 Å². The van der Waals surface area contributed by atoms with Gasteiger partial charge in [-0.1, -0.05) is 58.8 Å². The second-order valence-corrected chi connectivity index (χ2v) is 5.85. The predicted octanol–water partition coefficient (Wildman–Crippen LogP) is 4.57. The first kappa shape index (κ1) is 16.0. The van der Waals surface area contributed by atoms with Crippen molar-refractivity contribution in [2.24, 2.45) is 5.92 Å². The van der Waals surface area contributed by atoms with Crippen molar-refractivity contribution in [1.29, 1.82) is 0 Å². The minimum atomic E-state index is 0.410. The number of methoxy groups -OCH3 is 1. The molecule has 0 aromatic rings. The average molecular weight is 256 g/mol. The zero-order chi connectivity index (χ0) is 13.2. The third-order valence-electron chi connectivity index (χ3n) is 4.16. The van der Waals surface area contributed by atoms with Crippen LogP contribution in [0.5, 0.6) is 0 Å². The fraction of sp³-hybridized carbons (Fsp3) is 1.00. The molecule has 0 aromatic carbocycles. The Kier molecular flexibility index (Phi) is 8.70. The van der Waals surface area contributed by atoms with Crippen molar-refractivity contribution >= 4 is 0 Å². The smallest absolute Gasteiger partial charge is 0.0643 e.